The van der Waals surface area contributed by atoms with E-state index in [1.807, 2.05) is 0 Å². The minimum absolute atomic E-state index is 0.0954. The number of anilines is 1. The number of nitrogen functional groups attached to an aromatic ring is 1. The maximum absolute atomic E-state index is 6.17. The average molecular weight is 213 g/mol. The molecular weight excluding hydrogens is 194 g/mol. The number of hydrogen-bond acceptors (Lipinski definition) is 1. The Morgan fingerprint density at radius 2 is 1.69 bits per heavy atom. The zero-order valence-electron chi connectivity index (χ0n) is 10.5. The quantitative estimate of drug-likeness (QED) is 0.657. The number of aryl methyl sites for hydroxylation is 1. The first kappa shape index (κ1) is 11.0. The van der Waals surface area contributed by atoms with Crippen LogP contribution in [-0.4, -0.2) is 0 Å². The lowest BCUT2D eigenvalue weighted by molar-refractivity contribution is 0.589. The predicted molar refractivity (Wildman–Crippen MR) is 71.8 cm³/mol. The van der Waals surface area contributed by atoms with E-state index in [9.17, 15) is 0 Å². The fraction of sp³-hybridized carbons (Fsp3) is 0.333. The Morgan fingerprint density at radius 3 is 2.31 bits per heavy atom. The summed E-state index contributed by atoms with van der Waals surface area (Å²) in [6.07, 6.45) is 0. The van der Waals surface area contributed by atoms with Gasteiger partial charge >= 0.3 is 0 Å². The van der Waals surface area contributed by atoms with Crippen LogP contribution in [0.4, 0.5) is 5.69 Å². The van der Waals surface area contributed by atoms with Crippen LogP contribution in [0.1, 0.15) is 31.9 Å². The molecule has 0 aromatic heterocycles. The molecule has 0 unspecified atom stereocenters. The molecule has 1 nitrogen and oxygen atoms in total. The molecule has 0 saturated carbocycles. The second-order valence-electron chi connectivity index (χ2n) is 5.44. The second-order valence-corrected chi connectivity index (χ2v) is 5.44. The Morgan fingerprint density at radius 1 is 1.06 bits per heavy atom. The largest absolute Gasteiger partial charge is 0.398 e. The summed E-state index contributed by atoms with van der Waals surface area (Å²) in [4.78, 5) is 0. The Hall–Kier alpha value is -1.50. The fourth-order valence-electron chi connectivity index (χ4n) is 2.55. The fourth-order valence-corrected chi connectivity index (χ4v) is 2.55. The van der Waals surface area contributed by atoms with E-state index in [-0.39, 0.29) is 5.41 Å². The first-order valence-corrected chi connectivity index (χ1v) is 5.69. The zero-order valence-corrected chi connectivity index (χ0v) is 10.5. The van der Waals surface area contributed by atoms with Gasteiger partial charge in [-0.15, -0.1) is 0 Å². The zero-order chi connectivity index (χ0) is 11.9. The van der Waals surface area contributed by atoms with E-state index in [4.69, 9.17) is 5.73 Å². The summed E-state index contributed by atoms with van der Waals surface area (Å²) in [6, 6.07) is 10.5. The van der Waals surface area contributed by atoms with E-state index >= 15 is 0 Å². The van der Waals surface area contributed by atoms with Gasteiger partial charge in [-0.2, -0.15) is 0 Å². The third kappa shape index (κ3) is 1.67. The Labute approximate surface area is 97.3 Å². The highest BCUT2D eigenvalue weighted by atomic mass is 14.6. The molecule has 0 fully saturated rings. The first-order chi connectivity index (χ1) is 7.41. The molecular formula is C15H19N. The van der Waals surface area contributed by atoms with Gasteiger partial charge in [-0.1, -0.05) is 45.0 Å². The van der Waals surface area contributed by atoms with E-state index in [0.717, 1.165) is 5.69 Å². The molecule has 0 aliphatic rings. The van der Waals surface area contributed by atoms with Crippen molar-refractivity contribution in [1.29, 1.82) is 0 Å². The Bertz CT molecular complexity index is 533. The van der Waals surface area contributed by atoms with Gasteiger partial charge in [0.05, 0.1) is 0 Å². The topological polar surface area (TPSA) is 26.0 Å². The van der Waals surface area contributed by atoms with Crippen molar-refractivity contribution >= 4 is 16.5 Å². The van der Waals surface area contributed by atoms with Crippen LogP contribution < -0.4 is 5.73 Å². The lowest BCUT2D eigenvalue weighted by atomic mass is 9.81. The normalized spacial score (nSPS) is 12.0. The monoisotopic (exact) mass is 213 g/mol. The van der Waals surface area contributed by atoms with E-state index < -0.39 is 0 Å². The van der Waals surface area contributed by atoms with Crippen LogP contribution >= 0.6 is 0 Å². The van der Waals surface area contributed by atoms with Crippen molar-refractivity contribution in [3.05, 3.63) is 41.5 Å². The molecule has 0 saturated heterocycles. The minimum Gasteiger partial charge on any atom is -0.398 e. The van der Waals surface area contributed by atoms with E-state index in [1.165, 1.54) is 21.9 Å². The number of benzene rings is 2. The van der Waals surface area contributed by atoms with Crippen molar-refractivity contribution in [2.24, 2.45) is 0 Å². The van der Waals surface area contributed by atoms with Crippen LogP contribution in [0.25, 0.3) is 10.8 Å². The van der Waals surface area contributed by atoms with E-state index in [0.29, 0.717) is 0 Å². The second kappa shape index (κ2) is 3.51. The summed E-state index contributed by atoms with van der Waals surface area (Å²) in [5, 5.41) is 2.53. The van der Waals surface area contributed by atoms with Crippen molar-refractivity contribution in [3.8, 4) is 0 Å². The molecule has 84 valence electrons. The average Bonchev–Trinajstić information content (AvgIpc) is 2.15. The van der Waals surface area contributed by atoms with Gasteiger partial charge in [-0.25, -0.2) is 0 Å². The van der Waals surface area contributed by atoms with Crippen molar-refractivity contribution in [2.75, 3.05) is 5.73 Å². The summed E-state index contributed by atoms with van der Waals surface area (Å²) in [6.45, 7) is 8.79. The predicted octanol–water partition coefficient (Wildman–Crippen LogP) is 4.03. The molecule has 1 heteroatoms. The summed E-state index contributed by atoms with van der Waals surface area (Å²) in [5.74, 6) is 0. The standard InChI is InChI=1S/C15H19N/c1-10-12-8-6-5-7-11(12)9-13(16)14(10)15(2,3)4/h5-9H,16H2,1-4H3. The lowest BCUT2D eigenvalue weighted by Crippen LogP contribution is -2.16. The SMILES string of the molecule is Cc1c(C(C)(C)C)c(N)cc2ccccc12. The van der Waals surface area contributed by atoms with Crippen LogP contribution in [0.5, 0.6) is 0 Å². The lowest BCUT2D eigenvalue weighted by Gasteiger charge is -2.25. The maximum Gasteiger partial charge on any atom is 0.0361 e. The first-order valence-electron chi connectivity index (χ1n) is 5.69. The highest BCUT2D eigenvalue weighted by Crippen LogP contribution is 2.35. The van der Waals surface area contributed by atoms with Gasteiger partial charge in [0.2, 0.25) is 0 Å². The molecule has 0 spiro atoms. The minimum atomic E-state index is 0.0954. The molecule has 2 aromatic rings. The number of fused-ring (bicyclic) bond motifs is 1. The number of rotatable bonds is 0. The van der Waals surface area contributed by atoms with Gasteiger partial charge in [-0.3, -0.25) is 0 Å². The molecule has 0 radical (unpaired) electrons. The van der Waals surface area contributed by atoms with Crippen molar-refractivity contribution < 1.29 is 0 Å². The smallest absolute Gasteiger partial charge is 0.0361 e. The highest BCUT2D eigenvalue weighted by Gasteiger charge is 2.20. The van der Waals surface area contributed by atoms with Gasteiger partial charge in [0.25, 0.3) is 0 Å². The molecule has 0 amide bonds. The summed E-state index contributed by atoms with van der Waals surface area (Å²) in [5.41, 5.74) is 9.75. The Kier molecular flexibility index (Phi) is 2.42. The number of nitrogens with two attached hydrogens (primary N) is 1. The van der Waals surface area contributed by atoms with Gasteiger partial charge in [-0.05, 0) is 40.3 Å². The van der Waals surface area contributed by atoms with Crippen LogP contribution in [0.15, 0.2) is 30.3 Å². The summed E-state index contributed by atoms with van der Waals surface area (Å²) in [7, 11) is 0. The van der Waals surface area contributed by atoms with Gasteiger partial charge in [0.1, 0.15) is 0 Å². The van der Waals surface area contributed by atoms with Crippen molar-refractivity contribution in [1.82, 2.24) is 0 Å². The van der Waals surface area contributed by atoms with Gasteiger partial charge < -0.3 is 5.73 Å². The molecule has 0 atom stereocenters. The highest BCUT2D eigenvalue weighted by molar-refractivity contribution is 5.90. The third-order valence-electron chi connectivity index (χ3n) is 3.09. The van der Waals surface area contributed by atoms with Crippen LogP contribution in [0.3, 0.4) is 0 Å². The summed E-state index contributed by atoms with van der Waals surface area (Å²) >= 11 is 0. The molecule has 0 bridgehead atoms. The molecule has 2 rings (SSSR count). The van der Waals surface area contributed by atoms with Gasteiger partial charge in [0, 0.05) is 5.69 Å². The van der Waals surface area contributed by atoms with Crippen LogP contribution in [-0.2, 0) is 5.41 Å². The van der Waals surface area contributed by atoms with Crippen molar-refractivity contribution in [2.45, 2.75) is 33.1 Å². The van der Waals surface area contributed by atoms with E-state index in [2.05, 4.69) is 58.0 Å². The Balaban J connectivity index is 2.86. The van der Waals surface area contributed by atoms with E-state index in [1.54, 1.807) is 0 Å². The maximum atomic E-state index is 6.17. The molecule has 2 aromatic carbocycles. The van der Waals surface area contributed by atoms with Gasteiger partial charge in [0.15, 0.2) is 0 Å². The molecule has 0 aliphatic heterocycles. The molecule has 0 aliphatic carbocycles. The summed E-state index contributed by atoms with van der Waals surface area (Å²) < 4.78 is 0. The van der Waals surface area contributed by atoms with Crippen LogP contribution in [0.2, 0.25) is 0 Å². The molecule has 2 N–H and O–H groups in total. The molecule has 16 heavy (non-hydrogen) atoms. The third-order valence-corrected chi connectivity index (χ3v) is 3.09. The molecule has 0 heterocycles. The van der Waals surface area contributed by atoms with Crippen LogP contribution in [0, 0.1) is 6.92 Å². The van der Waals surface area contributed by atoms with Crippen molar-refractivity contribution in [3.63, 3.8) is 0 Å². The number of hydrogen-bond donors (Lipinski definition) is 1.